The quantitative estimate of drug-likeness (QED) is 0.869. The van der Waals surface area contributed by atoms with E-state index >= 15 is 0 Å². The van der Waals surface area contributed by atoms with Gasteiger partial charge in [-0.05, 0) is 38.4 Å². The molecule has 118 valence electrons. The molecule has 0 saturated carbocycles. The van der Waals surface area contributed by atoms with Gasteiger partial charge in [-0.15, -0.1) is 0 Å². The summed E-state index contributed by atoms with van der Waals surface area (Å²) >= 11 is 5.90. The van der Waals surface area contributed by atoms with Gasteiger partial charge >= 0.3 is 5.69 Å². The average molecular weight is 322 g/mol. The van der Waals surface area contributed by atoms with E-state index in [4.69, 9.17) is 11.6 Å². The van der Waals surface area contributed by atoms with E-state index in [0.29, 0.717) is 24.2 Å². The molecule has 1 atom stereocenters. The second-order valence-corrected chi connectivity index (χ2v) is 5.92. The predicted molar refractivity (Wildman–Crippen MR) is 85.4 cm³/mol. The molecule has 7 heteroatoms. The number of halogens is 1. The van der Waals surface area contributed by atoms with E-state index in [1.54, 1.807) is 10.6 Å². The van der Waals surface area contributed by atoms with Crippen molar-refractivity contribution in [3.63, 3.8) is 0 Å². The zero-order valence-corrected chi connectivity index (χ0v) is 13.4. The molecule has 1 aliphatic rings. The van der Waals surface area contributed by atoms with E-state index < -0.39 is 0 Å². The summed E-state index contributed by atoms with van der Waals surface area (Å²) in [5.41, 5.74) is 0.661. The first-order valence-electron chi connectivity index (χ1n) is 7.68. The predicted octanol–water partition coefficient (Wildman–Crippen LogP) is 1.63. The monoisotopic (exact) mass is 321 g/mol. The Balaban J connectivity index is 1.91. The highest BCUT2D eigenvalue weighted by molar-refractivity contribution is 6.29. The maximum absolute atomic E-state index is 12.5. The van der Waals surface area contributed by atoms with E-state index in [9.17, 15) is 4.79 Å². The van der Waals surface area contributed by atoms with E-state index in [1.165, 1.54) is 4.68 Å². The summed E-state index contributed by atoms with van der Waals surface area (Å²) in [5, 5.41) is 8.38. The number of pyridine rings is 1. The van der Waals surface area contributed by atoms with Crippen LogP contribution in [0.2, 0.25) is 5.15 Å². The third-order valence-corrected chi connectivity index (χ3v) is 4.22. The highest BCUT2D eigenvalue weighted by Gasteiger charge is 2.23. The largest absolute Gasteiger partial charge is 0.346 e. The molecule has 2 aromatic rings. The van der Waals surface area contributed by atoms with Gasteiger partial charge in [0.25, 0.3) is 0 Å². The number of hydrogen-bond acceptors (Lipinski definition) is 4. The first-order chi connectivity index (χ1) is 10.7. The summed E-state index contributed by atoms with van der Waals surface area (Å²) in [6, 6.07) is 5.40. The van der Waals surface area contributed by atoms with Crippen LogP contribution in [0.15, 0.2) is 23.0 Å². The molecule has 1 saturated heterocycles. The summed E-state index contributed by atoms with van der Waals surface area (Å²) in [6.07, 6.45) is 2.18. The highest BCUT2D eigenvalue weighted by atomic mass is 35.5. The Morgan fingerprint density at radius 1 is 1.45 bits per heavy atom. The van der Waals surface area contributed by atoms with Gasteiger partial charge in [-0.3, -0.25) is 4.57 Å². The van der Waals surface area contributed by atoms with Crippen LogP contribution in [-0.2, 0) is 13.1 Å². The zero-order valence-electron chi connectivity index (χ0n) is 12.6. The molecular weight excluding hydrogens is 302 g/mol. The third-order valence-electron chi connectivity index (χ3n) is 4.01. The summed E-state index contributed by atoms with van der Waals surface area (Å²) in [6.45, 7) is 4.88. The van der Waals surface area contributed by atoms with Crippen LogP contribution in [0.5, 0.6) is 0 Å². The molecule has 0 aliphatic carbocycles. The molecule has 6 nitrogen and oxygen atoms in total. The number of hydrogen-bond donors (Lipinski definition) is 1. The molecule has 22 heavy (non-hydrogen) atoms. The zero-order chi connectivity index (χ0) is 15.5. The van der Waals surface area contributed by atoms with Gasteiger partial charge < -0.3 is 5.32 Å². The number of nitrogens with zero attached hydrogens (tertiary/aromatic N) is 4. The van der Waals surface area contributed by atoms with E-state index in [-0.39, 0.29) is 5.69 Å². The lowest BCUT2D eigenvalue weighted by atomic mass is 9.99. The molecule has 1 fully saturated rings. The van der Waals surface area contributed by atoms with Gasteiger partial charge in [0, 0.05) is 19.0 Å². The second kappa shape index (κ2) is 6.62. The normalized spacial score (nSPS) is 18.5. The van der Waals surface area contributed by atoms with Crippen LogP contribution in [0, 0.1) is 0 Å². The molecule has 2 aromatic heterocycles. The van der Waals surface area contributed by atoms with Crippen LogP contribution < -0.4 is 11.0 Å². The Kier molecular flexibility index (Phi) is 4.59. The van der Waals surface area contributed by atoms with Crippen molar-refractivity contribution in [1.82, 2.24) is 24.6 Å². The molecular formula is C15H20ClN5O. The molecule has 0 aromatic carbocycles. The van der Waals surface area contributed by atoms with Gasteiger partial charge in [-0.1, -0.05) is 17.7 Å². The van der Waals surface area contributed by atoms with Crippen LogP contribution in [-0.4, -0.2) is 32.4 Å². The van der Waals surface area contributed by atoms with Gasteiger partial charge in [0.2, 0.25) is 0 Å². The van der Waals surface area contributed by atoms with E-state index in [1.807, 2.05) is 19.1 Å². The minimum absolute atomic E-state index is 0.0788. The summed E-state index contributed by atoms with van der Waals surface area (Å²) in [5.74, 6) is 1.18. The fourth-order valence-corrected chi connectivity index (χ4v) is 3.11. The van der Waals surface area contributed by atoms with Crippen molar-refractivity contribution in [2.45, 2.75) is 38.8 Å². The number of aromatic nitrogens is 4. The lowest BCUT2D eigenvalue weighted by molar-refractivity contribution is 0.431. The SMILES string of the molecule is CCn1c([C@H]2CCCNC2)nn(Cc2cccc(Cl)n2)c1=O. The number of piperidine rings is 1. The third kappa shape index (κ3) is 3.08. The van der Waals surface area contributed by atoms with Crippen LogP contribution in [0.1, 0.15) is 37.2 Å². The van der Waals surface area contributed by atoms with Crippen LogP contribution in [0.4, 0.5) is 0 Å². The Hall–Kier alpha value is -1.66. The maximum Gasteiger partial charge on any atom is 0.346 e. The summed E-state index contributed by atoms with van der Waals surface area (Å²) in [7, 11) is 0. The molecule has 0 bridgehead atoms. The second-order valence-electron chi connectivity index (χ2n) is 5.54. The van der Waals surface area contributed by atoms with Crippen LogP contribution >= 0.6 is 11.6 Å². The molecule has 0 amide bonds. The van der Waals surface area contributed by atoms with Gasteiger partial charge in [-0.25, -0.2) is 14.5 Å². The average Bonchev–Trinajstić information content (AvgIpc) is 2.84. The lowest BCUT2D eigenvalue weighted by Crippen LogP contribution is -2.31. The number of rotatable bonds is 4. The molecule has 0 radical (unpaired) electrons. The molecule has 3 heterocycles. The van der Waals surface area contributed by atoms with Gasteiger partial charge in [-0.2, -0.15) is 5.10 Å². The van der Waals surface area contributed by atoms with Crippen molar-refractivity contribution in [1.29, 1.82) is 0 Å². The Morgan fingerprint density at radius 3 is 3.00 bits per heavy atom. The first kappa shape index (κ1) is 15.2. The van der Waals surface area contributed by atoms with Crippen molar-refractivity contribution in [3.8, 4) is 0 Å². The summed E-state index contributed by atoms with van der Waals surface area (Å²) < 4.78 is 3.26. The van der Waals surface area contributed by atoms with Gasteiger partial charge in [0.1, 0.15) is 11.0 Å². The topological polar surface area (TPSA) is 64.7 Å². The lowest BCUT2D eigenvalue weighted by Gasteiger charge is -2.21. The minimum Gasteiger partial charge on any atom is -0.316 e. The fraction of sp³-hybridized carbons (Fsp3) is 0.533. The maximum atomic E-state index is 12.5. The molecule has 3 rings (SSSR count). The fourth-order valence-electron chi connectivity index (χ4n) is 2.92. The van der Waals surface area contributed by atoms with Crippen molar-refractivity contribution >= 4 is 11.6 Å². The van der Waals surface area contributed by atoms with Crippen LogP contribution in [0.25, 0.3) is 0 Å². The number of nitrogens with one attached hydrogen (secondary N) is 1. The van der Waals surface area contributed by atoms with Gasteiger partial charge in [0.15, 0.2) is 0 Å². The van der Waals surface area contributed by atoms with E-state index in [0.717, 1.165) is 37.4 Å². The highest BCUT2D eigenvalue weighted by Crippen LogP contribution is 2.20. The minimum atomic E-state index is -0.0788. The van der Waals surface area contributed by atoms with Crippen molar-refractivity contribution < 1.29 is 0 Å². The van der Waals surface area contributed by atoms with Crippen molar-refractivity contribution in [2.24, 2.45) is 0 Å². The van der Waals surface area contributed by atoms with E-state index in [2.05, 4.69) is 15.4 Å². The molecule has 0 unspecified atom stereocenters. The first-order valence-corrected chi connectivity index (χ1v) is 8.06. The molecule has 1 aliphatic heterocycles. The molecule has 0 spiro atoms. The standard InChI is InChI=1S/C15H20ClN5O/c1-2-20-14(11-5-4-8-17-9-11)19-21(15(20)22)10-12-6-3-7-13(16)18-12/h3,6-7,11,17H,2,4-5,8-10H2,1H3/t11-/m0/s1. The molecule has 1 N–H and O–H groups in total. The Morgan fingerprint density at radius 2 is 2.32 bits per heavy atom. The van der Waals surface area contributed by atoms with Crippen molar-refractivity contribution in [3.05, 3.63) is 45.4 Å². The smallest absolute Gasteiger partial charge is 0.316 e. The van der Waals surface area contributed by atoms with Crippen molar-refractivity contribution in [2.75, 3.05) is 13.1 Å². The Labute approximate surface area is 134 Å². The summed E-state index contributed by atoms with van der Waals surface area (Å²) in [4.78, 5) is 16.8. The Bertz CT molecular complexity index is 702. The van der Waals surface area contributed by atoms with Gasteiger partial charge in [0.05, 0.1) is 12.2 Å². The van der Waals surface area contributed by atoms with Crippen LogP contribution in [0.3, 0.4) is 0 Å².